The van der Waals surface area contributed by atoms with E-state index in [4.69, 9.17) is 4.84 Å². The van der Waals surface area contributed by atoms with Gasteiger partial charge in [0.1, 0.15) is 0 Å². The molecule has 0 unspecified atom stereocenters. The van der Waals surface area contributed by atoms with E-state index in [1.165, 1.54) is 11.3 Å². The van der Waals surface area contributed by atoms with Crippen LogP contribution in [0, 0.1) is 5.41 Å². The van der Waals surface area contributed by atoms with Crippen molar-refractivity contribution in [2.75, 3.05) is 26.7 Å². The number of rotatable bonds is 4. The Morgan fingerprint density at radius 3 is 2.72 bits per heavy atom. The summed E-state index contributed by atoms with van der Waals surface area (Å²) in [7, 11) is 1.67. The molecule has 1 aromatic rings. The Morgan fingerprint density at radius 2 is 2.11 bits per heavy atom. The zero-order chi connectivity index (χ0) is 12.4. The molecule has 3 rings (SSSR count). The van der Waals surface area contributed by atoms with Gasteiger partial charge in [-0.25, -0.2) is 0 Å². The number of hydrogen-bond donors (Lipinski definition) is 2. The molecule has 0 radical (unpaired) electrons. The van der Waals surface area contributed by atoms with Gasteiger partial charge in [-0.1, -0.05) is 30.3 Å². The third-order valence-electron chi connectivity index (χ3n) is 3.76. The van der Waals surface area contributed by atoms with E-state index in [0.717, 1.165) is 26.2 Å². The van der Waals surface area contributed by atoms with Gasteiger partial charge in [0.05, 0.1) is 18.2 Å². The maximum atomic E-state index is 5.08. The Morgan fingerprint density at radius 1 is 1.33 bits per heavy atom. The Labute approximate surface area is 108 Å². The molecule has 2 aliphatic rings. The minimum absolute atomic E-state index is 0.227. The van der Waals surface area contributed by atoms with Gasteiger partial charge in [0, 0.05) is 32.4 Å². The fraction of sp³-hybridized carbons (Fsp3) is 0.429. The lowest BCUT2D eigenvalue weighted by Gasteiger charge is -2.41. The van der Waals surface area contributed by atoms with Crippen LogP contribution in [0.25, 0.3) is 0 Å². The second kappa shape index (κ2) is 4.63. The molecule has 2 aliphatic heterocycles. The number of benzene rings is 1. The topological polar surface area (TPSA) is 36.5 Å². The lowest BCUT2D eigenvalue weighted by molar-refractivity contribution is 0.0782. The fourth-order valence-electron chi connectivity index (χ4n) is 2.73. The number of nitrogens with zero attached hydrogens (tertiary/aromatic N) is 1. The van der Waals surface area contributed by atoms with Gasteiger partial charge in [0.15, 0.2) is 0 Å². The summed E-state index contributed by atoms with van der Waals surface area (Å²) >= 11 is 0. The van der Waals surface area contributed by atoms with Crippen LogP contribution in [0.3, 0.4) is 0 Å². The first kappa shape index (κ1) is 11.6. The normalized spacial score (nSPS) is 20.7. The fourth-order valence-corrected chi connectivity index (χ4v) is 2.73. The molecule has 96 valence electrons. The highest BCUT2D eigenvalue weighted by Gasteiger charge is 2.46. The molecule has 0 atom stereocenters. The van der Waals surface area contributed by atoms with Gasteiger partial charge in [-0.05, 0) is 5.56 Å². The van der Waals surface area contributed by atoms with E-state index in [9.17, 15) is 0 Å². The van der Waals surface area contributed by atoms with Crippen molar-refractivity contribution in [1.82, 2.24) is 15.7 Å². The maximum Gasteiger partial charge on any atom is 0.0642 e. The molecule has 1 saturated heterocycles. The first-order chi connectivity index (χ1) is 8.82. The summed E-state index contributed by atoms with van der Waals surface area (Å²) in [5, 5.41) is 3.35. The zero-order valence-corrected chi connectivity index (χ0v) is 10.6. The quantitative estimate of drug-likeness (QED) is 0.778. The van der Waals surface area contributed by atoms with E-state index < -0.39 is 0 Å². The standard InChI is InChI=1S/C14H19N3O/c1-18-16-13-8-17(11-14(13)9-15-10-14)7-12-5-3-2-4-6-12/h2-6,8,15-16H,7,9-11H2,1H3. The number of hydrogen-bond acceptors (Lipinski definition) is 4. The van der Waals surface area contributed by atoms with Crippen molar-refractivity contribution in [2.45, 2.75) is 6.54 Å². The highest BCUT2D eigenvalue weighted by atomic mass is 16.6. The minimum Gasteiger partial charge on any atom is -0.371 e. The van der Waals surface area contributed by atoms with Gasteiger partial charge < -0.3 is 10.2 Å². The Bertz CT molecular complexity index is 440. The smallest absolute Gasteiger partial charge is 0.0642 e. The molecule has 0 bridgehead atoms. The average molecular weight is 245 g/mol. The molecule has 2 N–H and O–H groups in total. The number of nitrogens with one attached hydrogen (secondary N) is 2. The maximum absolute atomic E-state index is 5.08. The molecule has 0 aromatic heterocycles. The molecule has 1 fully saturated rings. The molecule has 0 amide bonds. The van der Waals surface area contributed by atoms with E-state index in [1.807, 2.05) is 0 Å². The monoisotopic (exact) mass is 245 g/mol. The molecule has 1 spiro atoms. The van der Waals surface area contributed by atoms with Crippen LogP contribution >= 0.6 is 0 Å². The van der Waals surface area contributed by atoms with Gasteiger partial charge in [-0.3, -0.25) is 10.3 Å². The van der Waals surface area contributed by atoms with Crippen LogP contribution in [0.4, 0.5) is 0 Å². The predicted octanol–water partition coefficient (Wildman–Crippen LogP) is 1.08. The van der Waals surface area contributed by atoms with Crippen LogP contribution in [0.2, 0.25) is 0 Å². The van der Waals surface area contributed by atoms with Gasteiger partial charge in [0.2, 0.25) is 0 Å². The van der Waals surface area contributed by atoms with Gasteiger partial charge in [-0.15, -0.1) is 0 Å². The molecule has 4 heteroatoms. The second-order valence-corrected chi connectivity index (χ2v) is 5.12. The van der Waals surface area contributed by atoms with Gasteiger partial charge >= 0.3 is 0 Å². The van der Waals surface area contributed by atoms with Crippen molar-refractivity contribution in [3.8, 4) is 0 Å². The summed E-state index contributed by atoms with van der Waals surface area (Å²) in [5.74, 6) is 0. The second-order valence-electron chi connectivity index (χ2n) is 5.12. The van der Waals surface area contributed by atoms with Crippen LogP contribution < -0.4 is 10.8 Å². The van der Waals surface area contributed by atoms with Crippen molar-refractivity contribution in [3.63, 3.8) is 0 Å². The summed E-state index contributed by atoms with van der Waals surface area (Å²) in [6.07, 6.45) is 2.19. The minimum atomic E-state index is 0.227. The van der Waals surface area contributed by atoms with E-state index in [2.05, 4.69) is 52.2 Å². The molecule has 18 heavy (non-hydrogen) atoms. The van der Waals surface area contributed by atoms with E-state index >= 15 is 0 Å². The van der Waals surface area contributed by atoms with Crippen LogP contribution in [0.5, 0.6) is 0 Å². The first-order valence-electron chi connectivity index (χ1n) is 6.32. The average Bonchev–Trinajstić information content (AvgIpc) is 2.69. The number of hydroxylamine groups is 1. The zero-order valence-electron chi connectivity index (χ0n) is 10.6. The van der Waals surface area contributed by atoms with Crippen molar-refractivity contribution in [1.29, 1.82) is 0 Å². The van der Waals surface area contributed by atoms with Gasteiger partial charge in [-0.2, -0.15) is 0 Å². The summed E-state index contributed by atoms with van der Waals surface area (Å²) in [6.45, 7) is 4.07. The molecular weight excluding hydrogens is 226 g/mol. The molecule has 4 nitrogen and oxygen atoms in total. The molecular formula is C14H19N3O. The van der Waals surface area contributed by atoms with Crippen molar-refractivity contribution in [2.24, 2.45) is 5.41 Å². The first-order valence-corrected chi connectivity index (χ1v) is 6.32. The predicted molar refractivity (Wildman–Crippen MR) is 70.4 cm³/mol. The largest absolute Gasteiger partial charge is 0.371 e. The van der Waals surface area contributed by atoms with Crippen LogP contribution in [-0.4, -0.2) is 31.6 Å². The lowest BCUT2D eigenvalue weighted by Crippen LogP contribution is -2.58. The van der Waals surface area contributed by atoms with Crippen molar-refractivity contribution >= 4 is 0 Å². The van der Waals surface area contributed by atoms with Gasteiger partial charge in [0.25, 0.3) is 0 Å². The van der Waals surface area contributed by atoms with E-state index in [-0.39, 0.29) is 5.41 Å². The van der Waals surface area contributed by atoms with Crippen LogP contribution in [0.1, 0.15) is 5.56 Å². The third kappa shape index (κ3) is 1.98. The van der Waals surface area contributed by atoms with Crippen molar-refractivity contribution in [3.05, 3.63) is 47.8 Å². The highest BCUT2D eigenvalue weighted by Crippen LogP contribution is 2.37. The summed E-state index contributed by atoms with van der Waals surface area (Å²) in [5.41, 5.74) is 5.80. The van der Waals surface area contributed by atoms with Crippen molar-refractivity contribution < 1.29 is 4.84 Å². The Hall–Kier alpha value is -1.52. The molecule has 0 saturated carbocycles. The summed E-state index contributed by atoms with van der Waals surface area (Å²) in [6, 6.07) is 10.6. The summed E-state index contributed by atoms with van der Waals surface area (Å²) in [4.78, 5) is 7.44. The molecule has 2 heterocycles. The van der Waals surface area contributed by atoms with E-state index in [1.54, 1.807) is 7.11 Å². The van der Waals surface area contributed by atoms with E-state index in [0.29, 0.717) is 0 Å². The Balaban J connectivity index is 1.72. The van der Waals surface area contributed by atoms with Crippen LogP contribution in [0.15, 0.2) is 42.2 Å². The van der Waals surface area contributed by atoms with Crippen LogP contribution in [-0.2, 0) is 11.4 Å². The Kier molecular flexibility index (Phi) is 2.97. The molecule has 1 aromatic carbocycles. The lowest BCUT2D eigenvalue weighted by atomic mass is 9.80. The highest BCUT2D eigenvalue weighted by molar-refractivity contribution is 5.25. The molecule has 0 aliphatic carbocycles. The SMILES string of the molecule is CONC1=CN(Cc2ccccc2)CC12CNC2. The summed E-state index contributed by atoms with van der Waals surface area (Å²) < 4.78 is 0. The third-order valence-corrected chi connectivity index (χ3v) is 3.76.